The molecule has 3 amide bonds. The number of carbonyl (C=O) groups is 3. The van der Waals surface area contributed by atoms with E-state index < -0.39 is 60.1 Å². The van der Waals surface area contributed by atoms with Crippen molar-refractivity contribution in [3.8, 4) is 0 Å². The molecule has 1 aliphatic carbocycles. The second kappa shape index (κ2) is 7.79. The molecule has 10 heteroatoms. The fraction of sp³-hybridized carbons (Fsp3) is 0.833. The number of nitrogens with two attached hydrogens (primary N) is 1. The second-order valence-electron chi connectivity index (χ2n) is 8.64. The maximum atomic E-state index is 13.5. The minimum Gasteiger partial charge on any atom is -0.444 e. The molecule has 1 saturated carbocycles. The van der Waals surface area contributed by atoms with Crippen molar-refractivity contribution in [3.63, 3.8) is 0 Å². The van der Waals surface area contributed by atoms with Gasteiger partial charge in [0.05, 0.1) is 11.8 Å². The van der Waals surface area contributed by atoms with E-state index in [2.05, 4.69) is 5.32 Å². The van der Waals surface area contributed by atoms with Crippen molar-refractivity contribution in [1.29, 1.82) is 0 Å². The number of amides is 3. The van der Waals surface area contributed by atoms with Crippen molar-refractivity contribution in [3.05, 3.63) is 0 Å². The molecule has 160 valence electrons. The Kier molecular flexibility index (Phi) is 6.20. The SMILES string of the molecule is CC(C)(C)OC(=O)N1C[C@H](C(=O)NC2(C(N)=O)CCCCC2)[C@@H](C(F)(F)F)C1. The molecule has 1 aliphatic heterocycles. The molecule has 0 unspecified atom stereocenters. The number of rotatable bonds is 3. The Morgan fingerprint density at radius 1 is 1.07 bits per heavy atom. The molecule has 7 nitrogen and oxygen atoms in total. The van der Waals surface area contributed by atoms with E-state index in [-0.39, 0.29) is 0 Å². The smallest absolute Gasteiger partial charge is 0.410 e. The van der Waals surface area contributed by atoms with E-state index in [1.807, 2.05) is 0 Å². The Morgan fingerprint density at radius 3 is 2.11 bits per heavy atom. The van der Waals surface area contributed by atoms with Crippen LogP contribution in [0.5, 0.6) is 0 Å². The van der Waals surface area contributed by atoms with Crippen molar-refractivity contribution in [1.82, 2.24) is 10.2 Å². The van der Waals surface area contributed by atoms with Crippen LogP contribution in [0.15, 0.2) is 0 Å². The van der Waals surface area contributed by atoms with Gasteiger partial charge in [-0.15, -0.1) is 0 Å². The van der Waals surface area contributed by atoms with Crippen LogP contribution in [-0.2, 0) is 14.3 Å². The number of hydrogen-bond donors (Lipinski definition) is 2. The highest BCUT2D eigenvalue weighted by atomic mass is 19.4. The first-order chi connectivity index (χ1) is 12.8. The molecule has 0 aromatic heterocycles. The normalized spacial score (nSPS) is 25.3. The van der Waals surface area contributed by atoms with Gasteiger partial charge in [0, 0.05) is 13.1 Å². The summed E-state index contributed by atoms with van der Waals surface area (Å²) in [4.78, 5) is 37.8. The lowest BCUT2D eigenvalue weighted by Gasteiger charge is -2.36. The Morgan fingerprint density at radius 2 is 1.64 bits per heavy atom. The molecule has 0 spiro atoms. The van der Waals surface area contributed by atoms with E-state index in [9.17, 15) is 27.6 Å². The molecule has 0 aromatic carbocycles. The summed E-state index contributed by atoms with van der Waals surface area (Å²) in [6.07, 6.45) is -2.81. The van der Waals surface area contributed by atoms with Gasteiger partial charge >= 0.3 is 12.3 Å². The molecule has 0 aromatic rings. The Labute approximate surface area is 162 Å². The summed E-state index contributed by atoms with van der Waals surface area (Å²) in [6, 6.07) is 0. The van der Waals surface area contributed by atoms with Crippen molar-refractivity contribution in [2.75, 3.05) is 13.1 Å². The number of halogens is 3. The van der Waals surface area contributed by atoms with Crippen LogP contribution in [0.1, 0.15) is 52.9 Å². The fourth-order valence-electron chi connectivity index (χ4n) is 3.79. The number of alkyl halides is 3. The van der Waals surface area contributed by atoms with Gasteiger partial charge in [-0.1, -0.05) is 19.3 Å². The van der Waals surface area contributed by atoms with Gasteiger partial charge in [0.25, 0.3) is 0 Å². The summed E-state index contributed by atoms with van der Waals surface area (Å²) in [5.41, 5.74) is 3.25. The molecule has 2 rings (SSSR count). The van der Waals surface area contributed by atoms with Crippen LogP contribution in [0.25, 0.3) is 0 Å². The predicted molar refractivity (Wildman–Crippen MR) is 94.0 cm³/mol. The summed E-state index contributed by atoms with van der Waals surface area (Å²) in [6.45, 7) is 3.71. The zero-order valence-corrected chi connectivity index (χ0v) is 16.4. The molecular formula is C18H28F3N3O4. The predicted octanol–water partition coefficient (Wildman–Crippen LogP) is 2.34. The van der Waals surface area contributed by atoms with Gasteiger partial charge in [-0.2, -0.15) is 13.2 Å². The van der Waals surface area contributed by atoms with Gasteiger partial charge in [0.1, 0.15) is 11.1 Å². The van der Waals surface area contributed by atoms with Gasteiger partial charge in [0.15, 0.2) is 0 Å². The average Bonchev–Trinajstić information content (AvgIpc) is 3.00. The third-order valence-electron chi connectivity index (χ3n) is 5.27. The lowest BCUT2D eigenvalue weighted by atomic mass is 9.80. The van der Waals surface area contributed by atoms with E-state index in [0.717, 1.165) is 11.3 Å². The largest absolute Gasteiger partial charge is 0.444 e. The van der Waals surface area contributed by atoms with E-state index >= 15 is 0 Å². The molecule has 0 bridgehead atoms. The molecule has 2 aliphatic rings. The van der Waals surface area contributed by atoms with E-state index in [4.69, 9.17) is 10.5 Å². The Hall–Kier alpha value is -2.00. The van der Waals surface area contributed by atoms with Gasteiger partial charge in [-0.05, 0) is 33.6 Å². The third-order valence-corrected chi connectivity index (χ3v) is 5.27. The zero-order valence-electron chi connectivity index (χ0n) is 16.4. The molecular weight excluding hydrogens is 379 g/mol. The maximum absolute atomic E-state index is 13.5. The van der Waals surface area contributed by atoms with Gasteiger partial charge < -0.3 is 20.7 Å². The first-order valence-electron chi connectivity index (χ1n) is 9.42. The van der Waals surface area contributed by atoms with Crippen LogP contribution in [0.2, 0.25) is 0 Å². The van der Waals surface area contributed by atoms with Crippen molar-refractivity contribution < 1.29 is 32.3 Å². The molecule has 1 saturated heterocycles. The van der Waals surface area contributed by atoms with Crippen LogP contribution < -0.4 is 11.1 Å². The summed E-state index contributed by atoms with van der Waals surface area (Å²) in [5, 5.41) is 2.49. The number of carbonyl (C=O) groups excluding carboxylic acids is 3. The fourth-order valence-corrected chi connectivity index (χ4v) is 3.79. The topological polar surface area (TPSA) is 102 Å². The van der Waals surface area contributed by atoms with Crippen LogP contribution >= 0.6 is 0 Å². The van der Waals surface area contributed by atoms with Crippen LogP contribution in [0, 0.1) is 11.8 Å². The van der Waals surface area contributed by atoms with Gasteiger partial charge in [-0.25, -0.2) is 4.79 Å². The van der Waals surface area contributed by atoms with Crippen molar-refractivity contribution in [2.45, 2.75) is 70.2 Å². The van der Waals surface area contributed by atoms with Crippen LogP contribution in [-0.4, -0.2) is 53.2 Å². The summed E-state index contributed by atoms with van der Waals surface area (Å²) in [7, 11) is 0. The summed E-state index contributed by atoms with van der Waals surface area (Å²) < 4.78 is 45.7. The highest BCUT2D eigenvalue weighted by molar-refractivity contribution is 5.91. The van der Waals surface area contributed by atoms with Gasteiger partial charge in [-0.3, -0.25) is 9.59 Å². The minimum atomic E-state index is -4.68. The quantitative estimate of drug-likeness (QED) is 0.750. The highest BCUT2D eigenvalue weighted by Gasteiger charge is 2.55. The maximum Gasteiger partial charge on any atom is 0.410 e. The second-order valence-corrected chi connectivity index (χ2v) is 8.64. The molecule has 2 atom stereocenters. The Bertz CT molecular complexity index is 625. The van der Waals surface area contributed by atoms with Crippen LogP contribution in [0.3, 0.4) is 0 Å². The third kappa shape index (κ3) is 5.08. The number of ether oxygens (including phenoxy) is 1. The van der Waals surface area contributed by atoms with Crippen molar-refractivity contribution >= 4 is 17.9 Å². The zero-order chi connectivity index (χ0) is 21.3. The molecule has 1 heterocycles. The minimum absolute atomic E-state index is 0.299. The van der Waals surface area contributed by atoms with E-state index in [0.29, 0.717) is 25.7 Å². The standard InChI is InChI=1S/C18H28F3N3O4/c1-16(2,3)28-15(27)24-9-11(12(10-24)18(19,20)21)13(25)23-17(14(22)26)7-5-4-6-8-17/h11-12H,4-10H2,1-3H3,(H2,22,26)(H,23,25)/t11-,12-/m0/s1. The first-order valence-corrected chi connectivity index (χ1v) is 9.42. The van der Waals surface area contributed by atoms with E-state index in [1.54, 1.807) is 20.8 Å². The average molecular weight is 407 g/mol. The first kappa shape index (κ1) is 22.3. The molecule has 28 heavy (non-hydrogen) atoms. The summed E-state index contributed by atoms with van der Waals surface area (Å²) >= 11 is 0. The number of likely N-dealkylation sites (tertiary alicyclic amines) is 1. The highest BCUT2D eigenvalue weighted by Crippen LogP contribution is 2.39. The molecule has 3 N–H and O–H groups in total. The number of nitrogens with one attached hydrogen (secondary N) is 1. The lowest BCUT2D eigenvalue weighted by molar-refractivity contribution is -0.183. The number of hydrogen-bond acceptors (Lipinski definition) is 4. The molecule has 2 fully saturated rings. The monoisotopic (exact) mass is 407 g/mol. The van der Waals surface area contributed by atoms with Gasteiger partial charge in [0.2, 0.25) is 11.8 Å². The summed E-state index contributed by atoms with van der Waals surface area (Å²) in [5.74, 6) is -5.21. The van der Waals surface area contributed by atoms with E-state index in [1.165, 1.54) is 0 Å². The molecule has 0 radical (unpaired) electrons. The van der Waals surface area contributed by atoms with Crippen molar-refractivity contribution in [2.24, 2.45) is 17.6 Å². The lowest BCUT2D eigenvalue weighted by Crippen LogP contribution is -2.60. The number of primary amides is 1. The van der Waals surface area contributed by atoms with Crippen LogP contribution in [0.4, 0.5) is 18.0 Å². The Balaban J connectivity index is 2.19. The number of nitrogens with zero attached hydrogens (tertiary/aromatic N) is 1.